The summed E-state index contributed by atoms with van der Waals surface area (Å²) >= 11 is 0. The fourth-order valence-electron chi connectivity index (χ4n) is 4.46. The molecule has 1 aliphatic rings. The molecule has 1 fully saturated rings. The Morgan fingerprint density at radius 1 is 1.25 bits per heavy atom. The summed E-state index contributed by atoms with van der Waals surface area (Å²) in [6, 6.07) is 10.3. The van der Waals surface area contributed by atoms with Crippen molar-refractivity contribution in [1.29, 1.82) is 0 Å². The number of hydrogen-bond donors (Lipinski definition) is 2. The number of nitrogens with two attached hydrogens (primary N) is 1. The first-order chi connectivity index (χ1) is 17.4. The number of aromatic nitrogens is 3. The van der Waals surface area contributed by atoms with Crippen LogP contribution in [0.2, 0.25) is 0 Å². The number of nitrogens with one attached hydrogen (secondary N) is 1. The van der Waals surface area contributed by atoms with Crippen molar-refractivity contribution in [2.75, 3.05) is 18.9 Å². The standard InChI is InChI=1S/C27H30FN7O/c1-17-6-7-20(16-35(17)18(2)36)27-33-25(19-5-4-8-31-15-19)12-26(34-27)32-24-10-21(9-23(28)11-24)22(13-29)14-30-3/h4-5,8-15,17,20H,6-7,16,29H2,1-3H3,(H,32,33,34)/t17-,20+/m0/s1. The monoisotopic (exact) mass is 487 g/mol. The number of carbonyl (C=O) groups is 1. The molecule has 0 unspecified atom stereocenters. The molecule has 186 valence electrons. The molecule has 3 aromatic rings. The molecule has 0 bridgehead atoms. The summed E-state index contributed by atoms with van der Waals surface area (Å²) < 4.78 is 14.5. The zero-order chi connectivity index (χ0) is 25.7. The van der Waals surface area contributed by atoms with Gasteiger partial charge in [0.15, 0.2) is 0 Å². The Balaban J connectivity index is 1.73. The number of carbonyl (C=O) groups excluding carboxylic acids is 1. The average Bonchev–Trinajstić information content (AvgIpc) is 2.87. The van der Waals surface area contributed by atoms with E-state index in [0.29, 0.717) is 40.7 Å². The van der Waals surface area contributed by atoms with E-state index in [4.69, 9.17) is 15.7 Å². The van der Waals surface area contributed by atoms with Gasteiger partial charge in [0.2, 0.25) is 5.91 Å². The minimum absolute atomic E-state index is 0.0158. The number of piperidine rings is 1. The Labute approximate surface area is 210 Å². The maximum absolute atomic E-state index is 14.5. The number of likely N-dealkylation sites (tertiary alicyclic amines) is 1. The number of benzene rings is 1. The van der Waals surface area contributed by atoms with E-state index in [-0.39, 0.29) is 17.9 Å². The molecule has 0 saturated carbocycles. The molecule has 0 spiro atoms. The fraction of sp³-hybridized carbons (Fsp3) is 0.296. The molecule has 3 N–H and O–H groups in total. The Kier molecular flexibility index (Phi) is 7.68. The molecule has 1 saturated heterocycles. The van der Waals surface area contributed by atoms with E-state index in [0.717, 1.165) is 18.4 Å². The van der Waals surface area contributed by atoms with Gasteiger partial charge in [-0.05, 0) is 55.7 Å². The van der Waals surface area contributed by atoms with Gasteiger partial charge in [-0.25, -0.2) is 14.4 Å². The number of nitrogens with zero attached hydrogens (tertiary/aromatic N) is 5. The molecule has 3 heterocycles. The minimum Gasteiger partial charge on any atom is -0.404 e. The first-order valence-electron chi connectivity index (χ1n) is 11.9. The molecule has 9 heteroatoms. The van der Waals surface area contributed by atoms with Crippen molar-refractivity contribution < 1.29 is 9.18 Å². The highest BCUT2D eigenvalue weighted by Crippen LogP contribution is 2.31. The van der Waals surface area contributed by atoms with Gasteiger partial charge in [0, 0.05) is 80.2 Å². The molecule has 0 radical (unpaired) electrons. The lowest BCUT2D eigenvalue weighted by molar-refractivity contribution is -0.132. The van der Waals surface area contributed by atoms with Crippen LogP contribution in [0.15, 0.2) is 60.0 Å². The van der Waals surface area contributed by atoms with E-state index in [1.54, 1.807) is 38.6 Å². The number of hydrogen-bond acceptors (Lipinski definition) is 7. The number of rotatable bonds is 6. The maximum Gasteiger partial charge on any atom is 0.219 e. The highest BCUT2D eigenvalue weighted by Gasteiger charge is 2.30. The quantitative estimate of drug-likeness (QED) is 0.494. The second kappa shape index (κ2) is 11.1. The third-order valence-electron chi connectivity index (χ3n) is 6.30. The van der Waals surface area contributed by atoms with Gasteiger partial charge in [-0.15, -0.1) is 0 Å². The molecule has 2 atom stereocenters. The molecule has 1 aliphatic heterocycles. The number of pyridine rings is 1. The van der Waals surface area contributed by atoms with Crippen molar-refractivity contribution in [3.8, 4) is 11.3 Å². The molecule has 0 aliphatic carbocycles. The SMILES string of the molecule is CN=CC(=CN)c1cc(F)cc(Nc2cc(-c3cccnc3)nc([C@@H]3CC[C@H](C)N(C(C)=O)C3)n2)c1. The normalized spacial score (nSPS) is 18.4. The van der Waals surface area contributed by atoms with Gasteiger partial charge in [0.25, 0.3) is 0 Å². The van der Waals surface area contributed by atoms with Crippen molar-refractivity contribution in [3.63, 3.8) is 0 Å². The summed E-state index contributed by atoms with van der Waals surface area (Å²) in [7, 11) is 1.63. The van der Waals surface area contributed by atoms with E-state index in [1.165, 1.54) is 18.3 Å². The number of anilines is 2. The summed E-state index contributed by atoms with van der Waals surface area (Å²) in [5.41, 5.74) is 8.95. The minimum atomic E-state index is -0.418. The molecular weight excluding hydrogens is 457 g/mol. The Bertz CT molecular complexity index is 1290. The first-order valence-corrected chi connectivity index (χ1v) is 11.9. The molecular formula is C27H30FN7O. The zero-order valence-electron chi connectivity index (χ0n) is 20.6. The van der Waals surface area contributed by atoms with Crippen LogP contribution >= 0.6 is 0 Å². The third-order valence-corrected chi connectivity index (χ3v) is 6.30. The smallest absolute Gasteiger partial charge is 0.219 e. The second-order valence-corrected chi connectivity index (χ2v) is 8.90. The first kappa shape index (κ1) is 25.0. The van der Waals surface area contributed by atoms with Crippen molar-refractivity contribution >= 4 is 29.2 Å². The highest BCUT2D eigenvalue weighted by molar-refractivity contribution is 6.09. The lowest BCUT2D eigenvalue weighted by Crippen LogP contribution is -2.44. The van der Waals surface area contributed by atoms with Crippen LogP contribution in [0.5, 0.6) is 0 Å². The number of amides is 1. The van der Waals surface area contributed by atoms with E-state index in [2.05, 4.69) is 22.2 Å². The second-order valence-electron chi connectivity index (χ2n) is 8.90. The lowest BCUT2D eigenvalue weighted by atomic mass is 9.92. The maximum atomic E-state index is 14.5. The summed E-state index contributed by atoms with van der Waals surface area (Å²) in [5, 5.41) is 3.23. The summed E-state index contributed by atoms with van der Waals surface area (Å²) in [6.45, 7) is 4.21. The van der Waals surface area contributed by atoms with Gasteiger partial charge in [-0.1, -0.05) is 0 Å². The Hall–Kier alpha value is -4.14. The Morgan fingerprint density at radius 3 is 2.78 bits per heavy atom. The molecule has 2 aromatic heterocycles. The van der Waals surface area contributed by atoms with E-state index in [9.17, 15) is 9.18 Å². The average molecular weight is 488 g/mol. The van der Waals surface area contributed by atoms with Crippen LogP contribution in [-0.2, 0) is 4.79 Å². The van der Waals surface area contributed by atoms with Crippen LogP contribution in [0, 0.1) is 5.82 Å². The van der Waals surface area contributed by atoms with Crippen molar-refractivity contribution in [3.05, 3.63) is 72.2 Å². The van der Waals surface area contributed by atoms with Crippen LogP contribution in [0.25, 0.3) is 16.8 Å². The van der Waals surface area contributed by atoms with Crippen LogP contribution in [0.1, 0.15) is 44.0 Å². The summed E-state index contributed by atoms with van der Waals surface area (Å²) in [5.74, 6) is 0.762. The van der Waals surface area contributed by atoms with E-state index in [1.807, 2.05) is 23.1 Å². The lowest BCUT2D eigenvalue weighted by Gasteiger charge is -2.37. The topological polar surface area (TPSA) is 109 Å². The fourth-order valence-corrected chi connectivity index (χ4v) is 4.46. The third kappa shape index (κ3) is 5.73. The summed E-state index contributed by atoms with van der Waals surface area (Å²) in [4.78, 5) is 31.9. The zero-order valence-corrected chi connectivity index (χ0v) is 20.6. The van der Waals surface area contributed by atoms with Gasteiger partial charge < -0.3 is 16.0 Å². The predicted octanol–water partition coefficient (Wildman–Crippen LogP) is 4.54. The number of aliphatic imine (C=N–C) groups is 1. The van der Waals surface area contributed by atoms with E-state index < -0.39 is 5.82 Å². The largest absolute Gasteiger partial charge is 0.404 e. The van der Waals surface area contributed by atoms with Gasteiger partial charge in [0.1, 0.15) is 17.5 Å². The van der Waals surface area contributed by atoms with Gasteiger partial charge >= 0.3 is 0 Å². The van der Waals surface area contributed by atoms with E-state index >= 15 is 0 Å². The van der Waals surface area contributed by atoms with Gasteiger partial charge in [0.05, 0.1) is 5.69 Å². The number of allylic oxidation sites excluding steroid dienone is 1. The molecule has 36 heavy (non-hydrogen) atoms. The van der Waals surface area contributed by atoms with Gasteiger partial charge in [-0.2, -0.15) is 0 Å². The Morgan fingerprint density at radius 2 is 2.08 bits per heavy atom. The van der Waals surface area contributed by atoms with Gasteiger partial charge in [-0.3, -0.25) is 14.8 Å². The number of halogens is 1. The molecule has 8 nitrogen and oxygen atoms in total. The van der Waals surface area contributed by atoms with Crippen molar-refractivity contribution in [2.24, 2.45) is 10.7 Å². The van der Waals surface area contributed by atoms with Crippen molar-refractivity contribution in [2.45, 2.75) is 38.6 Å². The summed E-state index contributed by atoms with van der Waals surface area (Å²) in [6.07, 6.45) is 8.14. The molecule has 1 amide bonds. The van der Waals surface area contributed by atoms with Crippen LogP contribution in [-0.4, -0.2) is 51.6 Å². The van der Waals surface area contributed by atoms with Crippen LogP contribution in [0.3, 0.4) is 0 Å². The van der Waals surface area contributed by atoms with Crippen molar-refractivity contribution in [1.82, 2.24) is 19.9 Å². The highest BCUT2D eigenvalue weighted by atomic mass is 19.1. The van der Waals surface area contributed by atoms with Crippen LogP contribution in [0.4, 0.5) is 15.9 Å². The van der Waals surface area contributed by atoms with Crippen LogP contribution < -0.4 is 11.1 Å². The molecule has 4 rings (SSSR count). The molecule has 1 aromatic carbocycles. The predicted molar refractivity (Wildman–Crippen MR) is 140 cm³/mol.